The molecule has 0 aliphatic rings. The van der Waals surface area contributed by atoms with Crippen molar-refractivity contribution in [2.75, 3.05) is 31.0 Å². The molecule has 0 fully saturated rings. The molecule has 0 spiro atoms. The van der Waals surface area contributed by atoms with Crippen LogP contribution in [-0.4, -0.2) is 32.6 Å². The first-order valence-corrected chi connectivity index (χ1v) is 8.29. The number of nitrogens with one attached hydrogen (secondary N) is 1. The number of aryl methyl sites for hydroxylation is 1. The second-order valence-corrected chi connectivity index (χ2v) is 6.09. The van der Waals surface area contributed by atoms with Gasteiger partial charge in [-0.05, 0) is 36.8 Å². The summed E-state index contributed by atoms with van der Waals surface area (Å²) in [5.41, 5.74) is 1.93. The molecule has 1 N–H and O–H groups in total. The largest absolute Gasteiger partial charge is 0.497 e. The van der Waals surface area contributed by atoms with Crippen LogP contribution in [0.3, 0.4) is 0 Å². The number of methoxy groups -OCH3 is 2. The van der Waals surface area contributed by atoms with E-state index in [0.717, 1.165) is 5.56 Å². The number of halogens is 1. The van der Waals surface area contributed by atoms with Crippen LogP contribution < -0.4 is 19.7 Å². The van der Waals surface area contributed by atoms with Gasteiger partial charge >= 0.3 is 0 Å². The predicted octanol–water partition coefficient (Wildman–Crippen LogP) is 3.66. The lowest BCUT2D eigenvalue weighted by Gasteiger charge is -2.23. The summed E-state index contributed by atoms with van der Waals surface area (Å²) in [4.78, 5) is 26.0. The lowest BCUT2D eigenvalue weighted by Crippen LogP contribution is -2.37. The Morgan fingerprint density at radius 3 is 2.46 bits per heavy atom. The molecule has 0 aliphatic carbocycles. The molecule has 2 rings (SSSR count). The molecule has 2 aromatic rings. The molecule has 0 heterocycles. The first kappa shape index (κ1) is 19.6. The molecule has 0 saturated carbocycles. The van der Waals surface area contributed by atoms with Crippen molar-refractivity contribution < 1.29 is 19.1 Å². The van der Waals surface area contributed by atoms with Crippen LogP contribution in [0, 0.1) is 6.92 Å². The number of carbonyl (C=O) groups is 2. The molecule has 26 heavy (non-hydrogen) atoms. The third-order valence-corrected chi connectivity index (χ3v) is 4.07. The molecular formula is C19H21ClN2O4. The summed E-state index contributed by atoms with van der Waals surface area (Å²) >= 11 is 5.98. The molecule has 0 aromatic heterocycles. The van der Waals surface area contributed by atoms with Gasteiger partial charge < -0.3 is 14.8 Å². The van der Waals surface area contributed by atoms with Gasteiger partial charge in [-0.1, -0.05) is 17.7 Å². The van der Waals surface area contributed by atoms with Crippen LogP contribution in [0.1, 0.15) is 12.5 Å². The van der Waals surface area contributed by atoms with Crippen molar-refractivity contribution in [2.24, 2.45) is 0 Å². The van der Waals surface area contributed by atoms with Gasteiger partial charge in [-0.2, -0.15) is 0 Å². The molecule has 0 aliphatic heterocycles. The van der Waals surface area contributed by atoms with Gasteiger partial charge in [-0.25, -0.2) is 0 Å². The van der Waals surface area contributed by atoms with Crippen molar-refractivity contribution in [1.29, 1.82) is 0 Å². The highest BCUT2D eigenvalue weighted by Crippen LogP contribution is 2.32. The van der Waals surface area contributed by atoms with E-state index in [9.17, 15) is 9.59 Å². The Labute approximate surface area is 157 Å². The predicted molar refractivity (Wildman–Crippen MR) is 102 cm³/mol. The fourth-order valence-corrected chi connectivity index (χ4v) is 2.61. The fourth-order valence-electron chi connectivity index (χ4n) is 2.44. The molecule has 7 heteroatoms. The number of nitrogens with zero attached hydrogens (tertiary/aromatic N) is 1. The molecule has 138 valence electrons. The van der Waals surface area contributed by atoms with Gasteiger partial charge in [0, 0.05) is 23.7 Å². The zero-order valence-corrected chi connectivity index (χ0v) is 15.9. The third-order valence-electron chi connectivity index (χ3n) is 3.83. The van der Waals surface area contributed by atoms with Gasteiger partial charge in [-0.3, -0.25) is 14.5 Å². The van der Waals surface area contributed by atoms with Crippen LogP contribution in [0.5, 0.6) is 11.5 Å². The van der Waals surface area contributed by atoms with Crippen molar-refractivity contribution in [2.45, 2.75) is 13.8 Å². The maximum absolute atomic E-state index is 12.5. The Kier molecular flexibility index (Phi) is 6.46. The molecule has 0 bridgehead atoms. The zero-order valence-electron chi connectivity index (χ0n) is 15.1. The highest BCUT2D eigenvalue weighted by atomic mass is 35.5. The first-order chi connectivity index (χ1) is 12.3. The minimum atomic E-state index is -0.351. The number of benzene rings is 2. The number of hydrogen-bond acceptors (Lipinski definition) is 4. The van der Waals surface area contributed by atoms with Gasteiger partial charge in [-0.15, -0.1) is 0 Å². The maximum Gasteiger partial charge on any atom is 0.244 e. The van der Waals surface area contributed by atoms with Crippen molar-refractivity contribution in [1.82, 2.24) is 0 Å². The van der Waals surface area contributed by atoms with E-state index < -0.39 is 0 Å². The second-order valence-electron chi connectivity index (χ2n) is 5.65. The number of anilines is 2. The summed E-state index contributed by atoms with van der Waals surface area (Å²) in [6.07, 6.45) is 0. The Morgan fingerprint density at radius 2 is 1.85 bits per heavy atom. The Balaban J connectivity index is 2.27. The van der Waals surface area contributed by atoms with E-state index in [-0.39, 0.29) is 18.4 Å². The van der Waals surface area contributed by atoms with Crippen LogP contribution in [0.4, 0.5) is 11.4 Å². The summed E-state index contributed by atoms with van der Waals surface area (Å²) in [7, 11) is 3.03. The van der Waals surface area contributed by atoms with E-state index in [4.69, 9.17) is 21.1 Å². The summed E-state index contributed by atoms with van der Waals surface area (Å²) < 4.78 is 10.5. The van der Waals surface area contributed by atoms with Gasteiger partial charge in [0.1, 0.15) is 18.0 Å². The van der Waals surface area contributed by atoms with E-state index in [0.29, 0.717) is 27.9 Å². The van der Waals surface area contributed by atoms with Gasteiger partial charge in [0.15, 0.2) is 0 Å². The number of hydrogen-bond donors (Lipinski definition) is 1. The van der Waals surface area contributed by atoms with Crippen molar-refractivity contribution in [3.8, 4) is 11.5 Å². The SMILES string of the molecule is COc1ccc(OC)c(N(CC(=O)Nc2cc(Cl)ccc2C)C(C)=O)c1. The maximum atomic E-state index is 12.5. The van der Waals surface area contributed by atoms with E-state index in [1.54, 1.807) is 30.3 Å². The van der Waals surface area contributed by atoms with Gasteiger partial charge in [0.05, 0.1) is 19.9 Å². The van der Waals surface area contributed by atoms with E-state index in [1.165, 1.54) is 26.0 Å². The Bertz CT molecular complexity index is 823. The lowest BCUT2D eigenvalue weighted by atomic mass is 10.2. The average Bonchev–Trinajstić information content (AvgIpc) is 2.62. The number of amides is 2. The van der Waals surface area contributed by atoms with E-state index >= 15 is 0 Å². The molecular weight excluding hydrogens is 356 g/mol. The second kappa shape index (κ2) is 8.58. The molecule has 0 unspecified atom stereocenters. The number of carbonyl (C=O) groups excluding carboxylic acids is 2. The smallest absolute Gasteiger partial charge is 0.244 e. The number of rotatable bonds is 6. The van der Waals surface area contributed by atoms with Gasteiger partial charge in [0.2, 0.25) is 11.8 Å². The van der Waals surface area contributed by atoms with Crippen LogP contribution >= 0.6 is 11.6 Å². The normalized spacial score (nSPS) is 10.2. The van der Waals surface area contributed by atoms with Crippen molar-refractivity contribution in [3.05, 3.63) is 47.0 Å². The van der Waals surface area contributed by atoms with E-state index in [1.807, 2.05) is 13.0 Å². The summed E-state index contributed by atoms with van der Waals surface area (Å²) in [6.45, 7) is 3.07. The first-order valence-electron chi connectivity index (χ1n) is 7.92. The summed E-state index contributed by atoms with van der Waals surface area (Å²) in [5, 5.41) is 3.30. The van der Waals surface area contributed by atoms with Crippen molar-refractivity contribution >= 4 is 34.8 Å². The zero-order chi connectivity index (χ0) is 19.3. The highest BCUT2D eigenvalue weighted by Gasteiger charge is 2.20. The molecule has 0 atom stereocenters. The van der Waals surface area contributed by atoms with Crippen LogP contribution in [0.15, 0.2) is 36.4 Å². The molecule has 0 saturated heterocycles. The number of ether oxygens (including phenoxy) is 2. The minimum absolute atomic E-state index is 0.176. The topological polar surface area (TPSA) is 67.9 Å². The van der Waals surface area contributed by atoms with Crippen molar-refractivity contribution in [3.63, 3.8) is 0 Å². The van der Waals surface area contributed by atoms with Crippen LogP contribution in [0.25, 0.3) is 0 Å². The lowest BCUT2D eigenvalue weighted by molar-refractivity contribution is -0.120. The molecule has 0 radical (unpaired) electrons. The third kappa shape index (κ3) is 4.67. The quantitative estimate of drug-likeness (QED) is 0.835. The monoisotopic (exact) mass is 376 g/mol. The Morgan fingerprint density at radius 1 is 1.12 bits per heavy atom. The molecule has 6 nitrogen and oxygen atoms in total. The van der Waals surface area contributed by atoms with Crippen LogP contribution in [0.2, 0.25) is 5.02 Å². The Hall–Kier alpha value is -2.73. The molecule has 2 aromatic carbocycles. The minimum Gasteiger partial charge on any atom is -0.497 e. The fraction of sp³-hybridized carbons (Fsp3) is 0.263. The standard InChI is InChI=1S/C19H21ClN2O4/c1-12-5-6-14(20)9-16(12)21-19(24)11-22(13(2)23)17-10-15(25-3)7-8-18(17)26-4/h5-10H,11H2,1-4H3,(H,21,24). The summed E-state index contributed by atoms with van der Waals surface area (Å²) in [5.74, 6) is 0.371. The van der Waals surface area contributed by atoms with Gasteiger partial charge in [0.25, 0.3) is 0 Å². The molecule has 2 amide bonds. The van der Waals surface area contributed by atoms with E-state index in [2.05, 4.69) is 5.32 Å². The highest BCUT2D eigenvalue weighted by molar-refractivity contribution is 6.31. The average molecular weight is 377 g/mol. The van der Waals surface area contributed by atoms with Crippen LogP contribution in [-0.2, 0) is 9.59 Å². The summed E-state index contributed by atoms with van der Waals surface area (Å²) in [6, 6.07) is 10.3.